The van der Waals surface area contributed by atoms with Crippen LogP contribution in [0.3, 0.4) is 0 Å². The maximum absolute atomic E-state index is 3.28. The molecule has 0 unspecified atom stereocenters. The van der Waals surface area contributed by atoms with E-state index in [1.807, 2.05) is 12.1 Å². The minimum Gasteiger partial charge on any atom is -0.0587 e. The van der Waals surface area contributed by atoms with E-state index in [2.05, 4.69) is 50.2 Å². The number of hydrogen-bond donors (Lipinski definition) is 0. The highest BCUT2D eigenvalue weighted by atomic mass is 14.0. The van der Waals surface area contributed by atoms with Crippen molar-refractivity contribution in [2.75, 3.05) is 0 Å². The van der Waals surface area contributed by atoms with Gasteiger partial charge in [-0.1, -0.05) is 47.5 Å². The van der Waals surface area contributed by atoms with Gasteiger partial charge in [-0.05, 0) is 49.9 Å². The van der Waals surface area contributed by atoms with Gasteiger partial charge in [0, 0.05) is 0 Å². The second-order valence-corrected chi connectivity index (χ2v) is 4.28. The van der Waals surface area contributed by atoms with Gasteiger partial charge < -0.3 is 0 Å². The summed E-state index contributed by atoms with van der Waals surface area (Å²) in [5, 5.41) is 0. The van der Waals surface area contributed by atoms with E-state index >= 15 is 0 Å². The van der Waals surface area contributed by atoms with Gasteiger partial charge in [-0.15, -0.1) is 0 Å². The Balaban J connectivity index is 2.02. The number of aryl methyl sites for hydroxylation is 4. The summed E-state index contributed by atoms with van der Waals surface area (Å²) in [6, 6.07) is 19.1. The molecule has 2 radical (unpaired) electrons. The summed E-state index contributed by atoms with van der Waals surface area (Å²) >= 11 is 0. The fourth-order valence-corrected chi connectivity index (χ4v) is 1.85. The van der Waals surface area contributed by atoms with E-state index in [1.54, 1.807) is 0 Å². The molecule has 0 heteroatoms. The minimum absolute atomic E-state index is 1.04. The Kier molecular flexibility index (Phi) is 3.40. The minimum atomic E-state index is 1.04. The van der Waals surface area contributed by atoms with Crippen molar-refractivity contribution in [3.63, 3.8) is 0 Å². The maximum Gasteiger partial charge on any atom is -0.0149 e. The smallest absolute Gasteiger partial charge is 0.0149 e. The van der Waals surface area contributed by atoms with E-state index in [-0.39, 0.29) is 0 Å². The van der Waals surface area contributed by atoms with Crippen molar-refractivity contribution in [2.24, 2.45) is 0 Å². The van der Waals surface area contributed by atoms with Gasteiger partial charge in [-0.2, -0.15) is 0 Å². The maximum atomic E-state index is 3.28. The molecule has 0 heterocycles. The monoisotopic (exact) mass is 208 g/mol. The number of benzene rings is 2. The van der Waals surface area contributed by atoms with Crippen LogP contribution in [-0.2, 0) is 12.8 Å². The average Bonchev–Trinajstić information content (AvgIpc) is 2.27. The Morgan fingerprint density at radius 2 is 1.25 bits per heavy atom. The number of hydrogen-bond acceptors (Lipinski definition) is 0. The van der Waals surface area contributed by atoms with Crippen LogP contribution in [0.4, 0.5) is 0 Å². The quantitative estimate of drug-likeness (QED) is 0.721. The molecule has 0 spiro atoms. The SMILES string of the molecule is Cc1cc[c]c(CCc2[c]ccc(C)c2)c1. The van der Waals surface area contributed by atoms with E-state index in [0.717, 1.165) is 12.8 Å². The molecule has 0 fully saturated rings. The molecule has 80 valence electrons. The predicted molar refractivity (Wildman–Crippen MR) is 67.4 cm³/mol. The summed E-state index contributed by atoms with van der Waals surface area (Å²) in [6.45, 7) is 4.24. The van der Waals surface area contributed by atoms with Crippen LogP contribution in [0.1, 0.15) is 22.3 Å². The van der Waals surface area contributed by atoms with Gasteiger partial charge in [0.15, 0.2) is 0 Å². The van der Waals surface area contributed by atoms with Crippen LogP contribution in [0, 0.1) is 26.0 Å². The molecule has 0 aromatic heterocycles. The van der Waals surface area contributed by atoms with Gasteiger partial charge >= 0.3 is 0 Å². The van der Waals surface area contributed by atoms with Crippen LogP contribution in [0.15, 0.2) is 36.4 Å². The zero-order valence-electron chi connectivity index (χ0n) is 9.88. The lowest BCUT2D eigenvalue weighted by Gasteiger charge is -2.03. The van der Waals surface area contributed by atoms with Gasteiger partial charge in [-0.3, -0.25) is 0 Å². The topological polar surface area (TPSA) is 0 Å². The number of rotatable bonds is 3. The zero-order valence-corrected chi connectivity index (χ0v) is 9.88. The molecule has 16 heavy (non-hydrogen) atoms. The van der Waals surface area contributed by atoms with Gasteiger partial charge in [0.05, 0.1) is 0 Å². The molecular weight excluding hydrogens is 192 g/mol. The third-order valence-corrected chi connectivity index (χ3v) is 2.70. The third-order valence-electron chi connectivity index (χ3n) is 2.70. The molecule has 0 N–H and O–H groups in total. The Morgan fingerprint density at radius 3 is 1.62 bits per heavy atom. The van der Waals surface area contributed by atoms with Crippen molar-refractivity contribution < 1.29 is 0 Å². The first-order chi connectivity index (χ1) is 7.74. The van der Waals surface area contributed by atoms with Crippen LogP contribution in [0.5, 0.6) is 0 Å². The van der Waals surface area contributed by atoms with E-state index in [9.17, 15) is 0 Å². The van der Waals surface area contributed by atoms with Crippen molar-refractivity contribution >= 4 is 0 Å². The third kappa shape index (κ3) is 2.96. The highest BCUT2D eigenvalue weighted by Gasteiger charge is 1.97. The van der Waals surface area contributed by atoms with Crippen LogP contribution in [0.25, 0.3) is 0 Å². The van der Waals surface area contributed by atoms with Crippen molar-refractivity contribution in [3.8, 4) is 0 Å². The van der Waals surface area contributed by atoms with Crippen molar-refractivity contribution in [1.82, 2.24) is 0 Å². The molecule has 0 aliphatic heterocycles. The van der Waals surface area contributed by atoms with E-state index in [0.29, 0.717) is 0 Å². The average molecular weight is 208 g/mol. The molecular formula is C16H16. The van der Waals surface area contributed by atoms with Crippen LogP contribution < -0.4 is 0 Å². The summed E-state index contributed by atoms with van der Waals surface area (Å²) in [5.74, 6) is 0. The Bertz CT molecular complexity index is 423. The fourth-order valence-electron chi connectivity index (χ4n) is 1.85. The summed E-state index contributed by atoms with van der Waals surface area (Å²) in [4.78, 5) is 0. The normalized spacial score (nSPS) is 10.4. The van der Waals surface area contributed by atoms with Gasteiger partial charge in [0.25, 0.3) is 0 Å². The Labute approximate surface area is 97.9 Å². The van der Waals surface area contributed by atoms with Crippen molar-refractivity contribution in [2.45, 2.75) is 26.7 Å². The first-order valence-electron chi connectivity index (χ1n) is 5.68. The van der Waals surface area contributed by atoms with Gasteiger partial charge in [-0.25, -0.2) is 0 Å². The summed E-state index contributed by atoms with van der Waals surface area (Å²) < 4.78 is 0. The molecule has 0 bridgehead atoms. The van der Waals surface area contributed by atoms with Crippen molar-refractivity contribution in [1.29, 1.82) is 0 Å². The molecule has 0 amide bonds. The molecule has 2 aromatic carbocycles. The Hall–Kier alpha value is -1.56. The van der Waals surface area contributed by atoms with Gasteiger partial charge in [0.1, 0.15) is 0 Å². The first-order valence-corrected chi connectivity index (χ1v) is 5.68. The Morgan fingerprint density at radius 1 is 0.812 bits per heavy atom. The molecule has 0 atom stereocenters. The molecule has 2 aromatic rings. The summed E-state index contributed by atoms with van der Waals surface area (Å²) in [7, 11) is 0. The standard InChI is InChI=1S/C16H16/c1-13-5-3-7-15(11-13)9-10-16-8-4-6-14(2)12-16/h3-6,11-12H,9-10H2,1-2H3. The predicted octanol–water partition coefficient (Wildman–Crippen LogP) is 3.69. The van der Waals surface area contributed by atoms with E-state index in [4.69, 9.17) is 0 Å². The molecule has 2 rings (SSSR count). The molecule has 0 aliphatic carbocycles. The second-order valence-electron chi connectivity index (χ2n) is 4.28. The fraction of sp³-hybridized carbons (Fsp3) is 0.250. The lowest BCUT2D eigenvalue weighted by Crippen LogP contribution is -1.92. The largest absolute Gasteiger partial charge is 0.0587 e. The molecule has 0 aliphatic rings. The summed E-state index contributed by atoms with van der Waals surface area (Å²) in [6.07, 6.45) is 2.09. The van der Waals surface area contributed by atoms with Crippen LogP contribution in [0.2, 0.25) is 0 Å². The van der Waals surface area contributed by atoms with E-state index in [1.165, 1.54) is 22.3 Å². The van der Waals surface area contributed by atoms with Crippen LogP contribution in [-0.4, -0.2) is 0 Å². The summed E-state index contributed by atoms with van der Waals surface area (Å²) in [5.41, 5.74) is 5.19. The molecule has 0 saturated heterocycles. The molecule has 0 saturated carbocycles. The highest BCUT2D eigenvalue weighted by Crippen LogP contribution is 2.09. The first kappa shape index (κ1) is 10.9. The van der Waals surface area contributed by atoms with Crippen LogP contribution >= 0.6 is 0 Å². The lowest BCUT2D eigenvalue weighted by molar-refractivity contribution is 0.952. The van der Waals surface area contributed by atoms with E-state index < -0.39 is 0 Å². The van der Waals surface area contributed by atoms with Crippen molar-refractivity contribution in [3.05, 3.63) is 70.8 Å². The lowest BCUT2D eigenvalue weighted by atomic mass is 10.0. The second kappa shape index (κ2) is 4.98. The molecule has 0 nitrogen and oxygen atoms in total. The zero-order chi connectivity index (χ0) is 11.4. The highest BCUT2D eigenvalue weighted by molar-refractivity contribution is 5.25. The van der Waals surface area contributed by atoms with Gasteiger partial charge in [0.2, 0.25) is 0 Å².